The largest absolute Gasteiger partial charge is 0.192 e. The van der Waals surface area contributed by atoms with E-state index in [1.165, 1.54) is 33.4 Å². The second-order valence-electron chi connectivity index (χ2n) is 8.60. The molecule has 162 valence electrons. The van der Waals surface area contributed by atoms with E-state index >= 15 is 0 Å². The summed E-state index contributed by atoms with van der Waals surface area (Å²) in [5, 5.41) is 8.98. The van der Waals surface area contributed by atoms with Crippen LogP contribution >= 0.6 is 0 Å². The Balaban J connectivity index is 1.31. The van der Waals surface area contributed by atoms with Gasteiger partial charge in [0.15, 0.2) is 0 Å². The van der Waals surface area contributed by atoms with E-state index in [0.29, 0.717) is 11.5 Å². The first-order valence-electron chi connectivity index (χ1n) is 11.6. The molecular weight excluding hydrogens is 410 g/mol. The summed E-state index contributed by atoms with van der Waals surface area (Å²) in [6, 6.07) is 46.8. The van der Waals surface area contributed by atoms with E-state index in [9.17, 15) is 0 Å². The highest BCUT2D eigenvalue weighted by Crippen LogP contribution is 2.30. The van der Waals surface area contributed by atoms with E-state index in [4.69, 9.17) is 5.26 Å². The number of nitrogens with zero attached hydrogens (tertiary/aromatic N) is 1. The zero-order valence-corrected chi connectivity index (χ0v) is 19.1. The highest BCUT2D eigenvalue weighted by Gasteiger charge is 2.08. The van der Waals surface area contributed by atoms with Gasteiger partial charge in [-0.15, -0.1) is 0 Å². The van der Waals surface area contributed by atoms with Crippen molar-refractivity contribution in [1.82, 2.24) is 0 Å². The predicted octanol–water partition coefficient (Wildman–Crippen LogP) is 8.71. The van der Waals surface area contributed by atoms with Crippen LogP contribution in [0.2, 0.25) is 0 Å². The Kier molecular flexibility index (Phi) is 6.06. The second kappa shape index (κ2) is 9.61. The normalized spacial score (nSPS) is 11.5. The molecule has 0 spiro atoms. The van der Waals surface area contributed by atoms with E-state index in [-0.39, 0.29) is 0 Å². The molecule has 0 radical (unpaired) electrons. The highest BCUT2D eigenvalue weighted by atomic mass is 14.2. The molecule has 0 saturated carbocycles. The summed E-state index contributed by atoms with van der Waals surface area (Å²) >= 11 is 0. The van der Waals surface area contributed by atoms with Gasteiger partial charge >= 0.3 is 0 Å². The lowest BCUT2D eigenvalue weighted by Gasteiger charge is -2.13. The van der Waals surface area contributed by atoms with Crippen LogP contribution in [0.3, 0.4) is 0 Å². The lowest BCUT2D eigenvalue weighted by molar-refractivity contribution is 0.923. The molecule has 0 saturated heterocycles. The molecule has 0 amide bonds. The summed E-state index contributed by atoms with van der Waals surface area (Å²) in [5.74, 6) is 0.380. The fourth-order valence-electron chi connectivity index (χ4n) is 4.35. The molecule has 0 aliphatic heterocycles. The molecule has 5 rings (SSSR count). The van der Waals surface area contributed by atoms with Crippen LogP contribution in [0.4, 0.5) is 0 Å². The lowest BCUT2D eigenvalue weighted by atomic mass is 9.91. The third-order valence-electron chi connectivity index (χ3n) is 6.49. The third kappa shape index (κ3) is 4.53. The van der Waals surface area contributed by atoms with Crippen molar-refractivity contribution in [2.75, 3.05) is 0 Å². The Morgan fingerprint density at radius 1 is 0.441 bits per heavy atom. The average molecular weight is 436 g/mol. The average Bonchev–Trinajstić information content (AvgIpc) is 2.93. The number of hydrogen-bond acceptors (Lipinski definition) is 1. The van der Waals surface area contributed by atoms with Gasteiger partial charge in [0.05, 0.1) is 11.6 Å². The van der Waals surface area contributed by atoms with Crippen molar-refractivity contribution >= 4 is 0 Å². The Labute approximate surface area is 201 Å². The minimum absolute atomic E-state index is 0.380. The number of rotatable bonds is 5. The van der Waals surface area contributed by atoms with E-state index in [2.05, 4.69) is 116 Å². The second-order valence-corrected chi connectivity index (χ2v) is 8.60. The van der Waals surface area contributed by atoms with Gasteiger partial charge in [-0.05, 0) is 56.6 Å². The summed E-state index contributed by atoms with van der Waals surface area (Å²) in [5.41, 5.74) is 10.4. The van der Waals surface area contributed by atoms with Gasteiger partial charge in [-0.1, -0.05) is 122 Å². The molecule has 34 heavy (non-hydrogen) atoms. The van der Waals surface area contributed by atoms with Crippen LogP contribution in [0.1, 0.15) is 29.5 Å². The van der Waals surface area contributed by atoms with Crippen LogP contribution in [0.25, 0.3) is 33.4 Å². The zero-order chi connectivity index (χ0) is 23.3. The van der Waals surface area contributed by atoms with Crippen LogP contribution in [0.15, 0.2) is 127 Å². The minimum atomic E-state index is 0.380. The summed E-state index contributed by atoms with van der Waals surface area (Å²) in [7, 11) is 0. The van der Waals surface area contributed by atoms with Crippen LogP contribution < -0.4 is 0 Å². The van der Waals surface area contributed by atoms with Gasteiger partial charge in [0.2, 0.25) is 0 Å². The fraction of sp³-hybridized carbons (Fsp3) is 0.0606. The summed E-state index contributed by atoms with van der Waals surface area (Å²) in [4.78, 5) is 0. The highest BCUT2D eigenvalue weighted by molar-refractivity contribution is 5.73. The molecule has 5 aromatic carbocycles. The van der Waals surface area contributed by atoms with Crippen molar-refractivity contribution in [3.05, 3.63) is 144 Å². The molecule has 1 nitrogen and oxygen atoms in total. The minimum Gasteiger partial charge on any atom is -0.192 e. The van der Waals surface area contributed by atoms with Crippen LogP contribution in [-0.2, 0) is 0 Å². The molecule has 1 heteroatoms. The van der Waals surface area contributed by atoms with Crippen LogP contribution in [-0.4, -0.2) is 0 Å². The molecular formula is C33H25N. The Morgan fingerprint density at radius 3 is 1.15 bits per heavy atom. The van der Waals surface area contributed by atoms with Gasteiger partial charge in [-0.2, -0.15) is 5.26 Å². The number of benzene rings is 5. The fourth-order valence-corrected chi connectivity index (χ4v) is 4.35. The summed E-state index contributed by atoms with van der Waals surface area (Å²) < 4.78 is 0. The van der Waals surface area contributed by atoms with E-state index in [0.717, 1.165) is 11.1 Å². The van der Waals surface area contributed by atoms with Crippen LogP contribution in [0, 0.1) is 11.3 Å². The smallest absolute Gasteiger partial charge is 0.0991 e. The van der Waals surface area contributed by atoms with Crippen molar-refractivity contribution in [2.45, 2.75) is 12.8 Å². The first kappa shape index (κ1) is 21.4. The molecule has 1 atom stereocenters. The Morgan fingerprint density at radius 2 is 0.765 bits per heavy atom. The van der Waals surface area contributed by atoms with E-state index in [1.54, 1.807) is 0 Å². The maximum Gasteiger partial charge on any atom is 0.0991 e. The Hall–Kier alpha value is -4.41. The van der Waals surface area contributed by atoms with Gasteiger partial charge < -0.3 is 0 Å². The maximum absolute atomic E-state index is 8.98. The van der Waals surface area contributed by atoms with E-state index in [1.807, 2.05) is 24.3 Å². The Bertz CT molecular complexity index is 1410. The van der Waals surface area contributed by atoms with E-state index < -0.39 is 0 Å². The third-order valence-corrected chi connectivity index (χ3v) is 6.49. The van der Waals surface area contributed by atoms with Crippen molar-refractivity contribution < 1.29 is 0 Å². The molecule has 0 aliphatic rings. The van der Waals surface area contributed by atoms with Gasteiger partial charge in [-0.25, -0.2) is 0 Å². The molecule has 0 heterocycles. The van der Waals surface area contributed by atoms with Crippen LogP contribution in [0.5, 0.6) is 0 Å². The summed E-state index contributed by atoms with van der Waals surface area (Å²) in [6.45, 7) is 2.26. The maximum atomic E-state index is 8.98. The van der Waals surface area contributed by atoms with Gasteiger partial charge in [0, 0.05) is 5.92 Å². The molecule has 5 aromatic rings. The monoisotopic (exact) mass is 435 g/mol. The molecule has 0 fully saturated rings. The molecule has 0 N–H and O–H groups in total. The topological polar surface area (TPSA) is 23.8 Å². The van der Waals surface area contributed by atoms with Crippen molar-refractivity contribution in [2.24, 2.45) is 0 Å². The first-order chi connectivity index (χ1) is 16.7. The van der Waals surface area contributed by atoms with Gasteiger partial charge in [0.25, 0.3) is 0 Å². The van der Waals surface area contributed by atoms with Crippen molar-refractivity contribution in [3.8, 4) is 39.4 Å². The predicted molar refractivity (Wildman–Crippen MR) is 141 cm³/mol. The lowest BCUT2D eigenvalue weighted by Crippen LogP contribution is -1.95. The number of hydrogen-bond donors (Lipinski definition) is 0. The standard InChI is InChI=1S/C33H25N/c1-24(26-5-3-2-4-6-26)27-11-13-29(14-12-27)31-19-21-33(22-20-31)32-17-15-30(16-18-32)28-9-7-25(23-34)8-10-28/h2-22,24H,1H3. The zero-order valence-electron chi connectivity index (χ0n) is 19.1. The molecule has 0 bridgehead atoms. The van der Waals surface area contributed by atoms with Gasteiger partial charge in [-0.3, -0.25) is 0 Å². The first-order valence-corrected chi connectivity index (χ1v) is 11.6. The molecule has 0 aromatic heterocycles. The molecule has 1 unspecified atom stereocenters. The summed E-state index contributed by atoms with van der Waals surface area (Å²) in [6.07, 6.45) is 0. The SMILES string of the molecule is CC(c1ccccc1)c1ccc(-c2ccc(-c3ccc(-c4ccc(C#N)cc4)cc3)cc2)cc1. The molecule has 0 aliphatic carbocycles. The van der Waals surface area contributed by atoms with Gasteiger partial charge in [0.1, 0.15) is 0 Å². The van der Waals surface area contributed by atoms with Crippen molar-refractivity contribution in [1.29, 1.82) is 5.26 Å². The quantitative estimate of drug-likeness (QED) is 0.271. The number of nitriles is 1. The van der Waals surface area contributed by atoms with Crippen molar-refractivity contribution in [3.63, 3.8) is 0 Å².